The van der Waals surface area contributed by atoms with Crippen molar-refractivity contribution in [1.82, 2.24) is 19.7 Å². The molecule has 1 aliphatic heterocycles. The number of ether oxygens (including phenoxy) is 1. The second kappa shape index (κ2) is 7.64. The predicted molar refractivity (Wildman–Crippen MR) is 98.3 cm³/mol. The van der Waals surface area contributed by atoms with Crippen LogP contribution in [0.5, 0.6) is 5.75 Å². The Morgan fingerprint density at radius 1 is 1.24 bits per heavy atom. The lowest BCUT2D eigenvalue weighted by Gasteiger charge is -2.22. The topological polar surface area (TPSA) is 141 Å². The van der Waals surface area contributed by atoms with Crippen LogP contribution in [0.15, 0.2) is 50.4 Å². The lowest BCUT2D eigenvalue weighted by Crippen LogP contribution is -2.43. The van der Waals surface area contributed by atoms with Crippen molar-refractivity contribution >= 4 is 21.9 Å². The lowest BCUT2D eigenvalue weighted by atomic mass is 10.2. The quantitative estimate of drug-likeness (QED) is 0.629. The molecule has 0 spiro atoms. The second-order valence-corrected chi connectivity index (χ2v) is 8.12. The minimum absolute atomic E-state index is 0.0481. The molecule has 3 heterocycles. The Morgan fingerprint density at radius 3 is 2.72 bits per heavy atom. The first-order valence-electron chi connectivity index (χ1n) is 8.70. The van der Waals surface area contributed by atoms with Gasteiger partial charge in [0, 0.05) is 12.6 Å². The van der Waals surface area contributed by atoms with Crippen LogP contribution in [0.3, 0.4) is 0 Å². The molecule has 12 heteroatoms. The number of hydrogen-bond acceptors (Lipinski definition) is 9. The Labute approximate surface area is 165 Å². The van der Waals surface area contributed by atoms with Crippen LogP contribution >= 0.6 is 0 Å². The number of benzene rings is 1. The number of nitrogens with zero attached hydrogens (tertiary/aromatic N) is 4. The lowest BCUT2D eigenvalue weighted by molar-refractivity contribution is -0.119. The fourth-order valence-corrected chi connectivity index (χ4v) is 4.72. The number of carbonyl (C=O) groups is 1. The molecule has 1 aliphatic rings. The third kappa shape index (κ3) is 3.71. The van der Waals surface area contributed by atoms with E-state index in [0.29, 0.717) is 18.6 Å². The van der Waals surface area contributed by atoms with Crippen LogP contribution in [0, 0.1) is 0 Å². The van der Waals surface area contributed by atoms with Crippen LogP contribution in [0.2, 0.25) is 0 Å². The zero-order valence-corrected chi connectivity index (χ0v) is 16.1. The van der Waals surface area contributed by atoms with E-state index in [1.54, 1.807) is 12.1 Å². The van der Waals surface area contributed by atoms with E-state index in [0.717, 1.165) is 0 Å². The van der Waals surface area contributed by atoms with E-state index in [-0.39, 0.29) is 29.1 Å². The van der Waals surface area contributed by atoms with E-state index in [1.807, 2.05) is 0 Å². The first kappa shape index (κ1) is 19.1. The van der Waals surface area contributed by atoms with Gasteiger partial charge in [-0.25, -0.2) is 8.42 Å². The highest BCUT2D eigenvalue weighted by molar-refractivity contribution is 7.89. The molecule has 11 nitrogen and oxygen atoms in total. The smallest absolute Gasteiger partial charge is 0.322 e. The van der Waals surface area contributed by atoms with Gasteiger partial charge in [-0.3, -0.25) is 10.1 Å². The Kier molecular flexibility index (Phi) is 5.03. The Bertz CT molecular complexity index is 1090. The Hall–Kier alpha value is -3.25. The minimum Gasteiger partial charge on any atom is -0.497 e. The fraction of sp³-hybridized carbons (Fsp3) is 0.294. The largest absolute Gasteiger partial charge is 0.497 e. The summed E-state index contributed by atoms with van der Waals surface area (Å²) in [5, 5.41) is 13.5. The highest BCUT2D eigenvalue weighted by Crippen LogP contribution is 2.28. The van der Waals surface area contributed by atoms with Crippen molar-refractivity contribution in [2.45, 2.75) is 23.8 Å². The molecule has 1 N–H and O–H groups in total. The second-order valence-electron chi connectivity index (χ2n) is 6.23. The van der Waals surface area contributed by atoms with Gasteiger partial charge in [-0.1, -0.05) is 10.3 Å². The molecule has 4 rings (SSSR count). The molecule has 0 saturated carbocycles. The van der Waals surface area contributed by atoms with Crippen molar-refractivity contribution in [3.05, 3.63) is 36.5 Å². The average Bonchev–Trinajstić information content (AvgIpc) is 3.48. The maximum absolute atomic E-state index is 13.0. The maximum atomic E-state index is 13.0. The molecular weight excluding hydrogens is 402 g/mol. The number of aromatic nitrogens is 3. The van der Waals surface area contributed by atoms with E-state index in [9.17, 15) is 13.2 Å². The predicted octanol–water partition coefficient (Wildman–Crippen LogP) is 1.52. The minimum atomic E-state index is -3.85. The zero-order chi connectivity index (χ0) is 20.4. The van der Waals surface area contributed by atoms with Crippen LogP contribution in [-0.4, -0.2) is 53.7 Å². The van der Waals surface area contributed by atoms with E-state index in [1.165, 1.54) is 35.8 Å². The summed E-state index contributed by atoms with van der Waals surface area (Å²) >= 11 is 0. The van der Waals surface area contributed by atoms with Gasteiger partial charge in [0.05, 0.1) is 18.2 Å². The summed E-state index contributed by atoms with van der Waals surface area (Å²) in [6.45, 7) is 0.236. The number of sulfonamides is 1. The van der Waals surface area contributed by atoms with E-state index in [2.05, 4.69) is 20.7 Å². The van der Waals surface area contributed by atoms with Gasteiger partial charge in [-0.05, 0) is 37.1 Å². The number of rotatable bonds is 6. The van der Waals surface area contributed by atoms with Gasteiger partial charge in [0.2, 0.25) is 21.7 Å². The molecule has 0 bridgehead atoms. The molecular formula is C17H17N5O6S. The van der Waals surface area contributed by atoms with Gasteiger partial charge in [0.25, 0.3) is 5.89 Å². The van der Waals surface area contributed by atoms with E-state index in [4.69, 9.17) is 13.7 Å². The average molecular weight is 419 g/mol. The molecule has 1 aromatic carbocycles. The van der Waals surface area contributed by atoms with Crippen molar-refractivity contribution in [3.8, 4) is 17.4 Å². The Morgan fingerprint density at radius 2 is 2.03 bits per heavy atom. The normalized spacial score (nSPS) is 17.3. The molecule has 3 aromatic rings. The molecule has 29 heavy (non-hydrogen) atoms. The molecule has 0 unspecified atom stereocenters. The number of methoxy groups -OCH3 is 1. The first-order valence-corrected chi connectivity index (χ1v) is 10.1. The standard InChI is InChI=1S/C17H17N5O6S/c1-26-11-4-6-12(7-5-11)29(24,25)22-10-2-3-13(22)15(23)19-17-21-20-16(27-17)14-8-9-18-28-14/h4-9,13H,2-3,10H2,1H3,(H,19,21,23)/t13-/m1/s1. The number of anilines is 1. The van der Waals surface area contributed by atoms with Crippen molar-refractivity contribution in [3.63, 3.8) is 0 Å². The molecule has 1 amide bonds. The van der Waals surface area contributed by atoms with Gasteiger partial charge in [0.1, 0.15) is 11.8 Å². The number of hydrogen-bond donors (Lipinski definition) is 1. The Balaban J connectivity index is 1.50. The van der Waals surface area contributed by atoms with E-state index >= 15 is 0 Å². The summed E-state index contributed by atoms with van der Waals surface area (Å²) in [6.07, 6.45) is 2.35. The number of nitrogens with one attached hydrogen (secondary N) is 1. The monoisotopic (exact) mass is 419 g/mol. The molecule has 2 aromatic heterocycles. The fourth-order valence-electron chi connectivity index (χ4n) is 3.06. The highest BCUT2D eigenvalue weighted by Gasteiger charge is 2.40. The summed E-state index contributed by atoms with van der Waals surface area (Å²) < 4.78 is 42.5. The molecule has 1 fully saturated rings. The van der Waals surface area contributed by atoms with Gasteiger partial charge < -0.3 is 13.7 Å². The van der Waals surface area contributed by atoms with Crippen molar-refractivity contribution in [1.29, 1.82) is 0 Å². The van der Waals surface area contributed by atoms with Gasteiger partial charge in [0.15, 0.2) is 0 Å². The summed E-state index contributed by atoms with van der Waals surface area (Å²) in [7, 11) is -2.36. The van der Waals surface area contributed by atoms with Gasteiger partial charge in [-0.15, -0.1) is 5.10 Å². The van der Waals surface area contributed by atoms with Crippen LogP contribution in [0.25, 0.3) is 11.7 Å². The molecule has 0 radical (unpaired) electrons. The van der Waals surface area contributed by atoms with Gasteiger partial charge in [-0.2, -0.15) is 4.31 Å². The number of carbonyl (C=O) groups excluding carboxylic acids is 1. The third-order valence-electron chi connectivity index (χ3n) is 4.48. The number of amides is 1. The van der Waals surface area contributed by atoms with Gasteiger partial charge >= 0.3 is 6.01 Å². The molecule has 1 atom stereocenters. The molecule has 152 valence electrons. The first-order chi connectivity index (χ1) is 14.0. The summed E-state index contributed by atoms with van der Waals surface area (Å²) in [5.41, 5.74) is 0. The van der Waals surface area contributed by atoms with Crippen LogP contribution in [0.4, 0.5) is 6.01 Å². The van der Waals surface area contributed by atoms with Crippen molar-refractivity contribution < 1.29 is 26.9 Å². The summed E-state index contributed by atoms with van der Waals surface area (Å²) in [5.74, 6) is 0.292. The highest BCUT2D eigenvalue weighted by atomic mass is 32.2. The summed E-state index contributed by atoms with van der Waals surface area (Å²) in [4.78, 5) is 12.8. The third-order valence-corrected chi connectivity index (χ3v) is 6.40. The van der Waals surface area contributed by atoms with Crippen LogP contribution in [-0.2, 0) is 14.8 Å². The van der Waals surface area contributed by atoms with Crippen molar-refractivity contribution in [2.24, 2.45) is 0 Å². The zero-order valence-electron chi connectivity index (χ0n) is 15.3. The summed E-state index contributed by atoms with van der Waals surface area (Å²) in [6, 6.07) is 6.49. The van der Waals surface area contributed by atoms with Crippen LogP contribution in [0.1, 0.15) is 12.8 Å². The van der Waals surface area contributed by atoms with Crippen molar-refractivity contribution in [2.75, 3.05) is 19.0 Å². The SMILES string of the molecule is COc1ccc(S(=O)(=O)N2CCC[C@@H]2C(=O)Nc2nnc(-c3ccno3)o2)cc1. The van der Waals surface area contributed by atoms with E-state index < -0.39 is 22.0 Å². The molecule has 1 saturated heterocycles. The maximum Gasteiger partial charge on any atom is 0.322 e. The van der Waals surface area contributed by atoms with Crippen LogP contribution < -0.4 is 10.1 Å². The molecule has 0 aliphatic carbocycles.